The van der Waals surface area contributed by atoms with Crippen LogP contribution in [0.5, 0.6) is 11.5 Å². The largest absolute Gasteiger partial charge is 0.823 e. The zero-order valence-electron chi connectivity index (χ0n) is 17.6. The van der Waals surface area contributed by atoms with Crippen molar-refractivity contribution in [3.8, 4) is 11.5 Å². The highest BCUT2D eigenvalue weighted by atomic mass is 35.5. The lowest BCUT2D eigenvalue weighted by molar-refractivity contribution is -0.206. The van der Waals surface area contributed by atoms with Gasteiger partial charge in [0.1, 0.15) is 24.7 Å². The summed E-state index contributed by atoms with van der Waals surface area (Å²) < 4.78 is 12.1. The summed E-state index contributed by atoms with van der Waals surface area (Å²) in [6.45, 7) is 0.802. The lowest BCUT2D eigenvalue weighted by atomic mass is 10.2. The van der Waals surface area contributed by atoms with Crippen molar-refractivity contribution in [2.75, 3.05) is 0 Å². The molecule has 0 radical (unpaired) electrons. The number of halogens is 2. The van der Waals surface area contributed by atoms with Crippen LogP contribution in [0, 0.1) is 0 Å². The first-order valence-electron chi connectivity index (χ1n) is 10.3. The predicted molar refractivity (Wildman–Crippen MR) is 135 cm³/mol. The van der Waals surface area contributed by atoms with E-state index in [1.54, 1.807) is 18.2 Å². The minimum Gasteiger partial charge on any atom is -0.823 e. The minimum atomic E-state index is -0.201. The van der Waals surface area contributed by atoms with Crippen molar-refractivity contribution in [3.05, 3.63) is 124 Å². The summed E-state index contributed by atoms with van der Waals surface area (Å²) in [7, 11) is 0.410. The summed E-state index contributed by atoms with van der Waals surface area (Å²) in [6.07, 6.45) is 0. The van der Waals surface area contributed by atoms with E-state index in [0.29, 0.717) is 53.8 Å². The summed E-state index contributed by atoms with van der Waals surface area (Å²) in [4.78, 5) is 0. The van der Waals surface area contributed by atoms with E-state index in [-0.39, 0.29) is 5.48 Å². The van der Waals surface area contributed by atoms with E-state index >= 15 is 0 Å². The molecule has 0 fully saturated rings. The van der Waals surface area contributed by atoms with Gasteiger partial charge in [0.15, 0.2) is 0 Å². The first-order chi connectivity index (χ1) is 16.1. The van der Waals surface area contributed by atoms with Crippen molar-refractivity contribution < 1.29 is 14.6 Å². The molecular weight excluding hydrogens is 474 g/mol. The second-order valence-electron chi connectivity index (χ2n) is 7.19. The van der Waals surface area contributed by atoms with Crippen LogP contribution in [-0.2, 0) is 13.2 Å². The first kappa shape index (κ1) is 23.4. The van der Waals surface area contributed by atoms with Gasteiger partial charge in [-0.15, -0.1) is 5.48 Å². The van der Waals surface area contributed by atoms with Crippen LogP contribution in [0.1, 0.15) is 16.7 Å². The van der Waals surface area contributed by atoms with Crippen LogP contribution in [0.2, 0.25) is 10.0 Å². The Morgan fingerprint density at radius 3 is 1.88 bits per heavy atom. The molecule has 0 atom stereocenters. The van der Waals surface area contributed by atoms with Gasteiger partial charge in [0.2, 0.25) is 0 Å². The number of benzene rings is 4. The smallest absolute Gasteiger partial charge is 0.135 e. The van der Waals surface area contributed by atoms with Crippen molar-refractivity contribution in [3.63, 3.8) is 0 Å². The van der Waals surface area contributed by atoms with Gasteiger partial charge in [-0.2, -0.15) is 0 Å². The van der Waals surface area contributed by atoms with Crippen molar-refractivity contribution in [1.82, 2.24) is 0 Å². The summed E-state index contributed by atoms with van der Waals surface area (Å²) in [5.41, 5.74) is 2.19. The fraction of sp³-hybridized carbons (Fsp3) is 0.0741. The molecule has 3 nitrogen and oxygen atoms in total. The van der Waals surface area contributed by atoms with E-state index in [0.717, 1.165) is 11.1 Å². The molecule has 0 saturated heterocycles. The topological polar surface area (TPSA) is 41.5 Å². The standard InChI is InChI=1S/C27H21Cl2O3P/c28-22-12-7-13-23(29)26(22)27(30)33-25-15-14-21(31-17-19-8-3-1-4-9-19)16-24(25)32-18-20-10-5-2-6-11-20/h1-16,30H,17-18H2/p-1. The molecule has 4 aromatic rings. The highest BCUT2D eigenvalue weighted by Gasteiger charge is 2.09. The Balaban J connectivity index is 1.62. The molecule has 4 aromatic carbocycles. The third kappa shape index (κ3) is 6.37. The molecule has 0 aliphatic rings. The van der Waals surface area contributed by atoms with Gasteiger partial charge in [0, 0.05) is 27.0 Å². The normalized spacial score (nSPS) is 11.3. The summed E-state index contributed by atoms with van der Waals surface area (Å²) in [6, 6.07) is 30.3. The van der Waals surface area contributed by atoms with Crippen molar-refractivity contribution in [2.45, 2.75) is 13.2 Å². The van der Waals surface area contributed by atoms with E-state index in [9.17, 15) is 5.11 Å². The van der Waals surface area contributed by atoms with Gasteiger partial charge in [-0.05, 0) is 35.4 Å². The number of hydrogen-bond donors (Lipinski definition) is 0. The van der Waals surface area contributed by atoms with Gasteiger partial charge in [0.05, 0.1) is 0 Å². The third-order valence-electron chi connectivity index (χ3n) is 4.82. The van der Waals surface area contributed by atoms with Crippen LogP contribution in [0.25, 0.3) is 0 Å². The molecular formula is C27H20Cl2O3P-. The average Bonchev–Trinajstić information content (AvgIpc) is 2.83. The van der Waals surface area contributed by atoms with Crippen LogP contribution in [0.15, 0.2) is 97.1 Å². The summed E-state index contributed by atoms with van der Waals surface area (Å²) >= 11 is 12.5. The number of hydrogen-bond acceptors (Lipinski definition) is 3. The van der Waals surface area contributed by atoms with Gasteiger partial charge < -0.3 is 14.6 Å². The van der Waals surface area contributed by atoms with E-state index in [2.05, 4.69) is 0 Å². The Bertz CT molecular complexity index is 1220. The molecule has 0 bridgehead atoms. The van der Waals surface area contributed by atoms with Gasteiger partial charge in [-0.25, -0.2) is 0 Å². The van der Waals surface area contributed by atoms with Crippen molar-refractivity contribution in [2.24, 2.45) is 0 Å². The average molecular weight is 494 g/mol. The predicted octanol–water partition coefficient (Wildman–Crippen LogP) is 6.26. The quantitative estimate of drug-likeness (QED) is 0.272. The highest BCUT2D eigenvalue weighted by Crippen LogP contribution is 2.28. The van der Waals surface area contributed by atoms with Gasteiger partial charge in [0.25, 0.3) is 0 Å². The maximum absolute atomic E-state index is 13.0. The van der Waals surface area contributed by atoms with Crippen LogP contribution < -0.4 is 19.9 Å². The van der Waals surface area contributed by atoms with Crippen LogP contribution in [0.3, 0.4) is 0 Å². The Kier molecular flexibility index (Phi) is 8.04. The molecule has 0 aliphatic heterocycles. The van der Waals surface area contributed by atoms with E-state index in [4.69, 9.17) is 32.7 Å². The fourth-order valence-corrected chi connectivity index (χ4v) is 4.80. The van der Waals surface area contributed by atoms with Gasteiger partial charge in [-0.3, -0.25) is 0 Å². The highest BCUT2D eigenvalue weighted by molar-refractivity contribution is 7.49. The van der Waals surface area contributed by atoms with E-state index in [1.165, 1.54) is 0 Å². The maximum atomic E-state index is 13.0. The van der Waals surface area contributed by atoms with Crippen LogP contribution in [0.4, 0.5) is 0 Å². The van der Waals surface area contributed by atoms with E-state index < -0.39 is 0 Å². The van der Waals surface area contributed by atoms with Crippen molar-refractivity contribution >= 4 is 42.2 Å². The SMILES string of the molecule is [O-]C(=Pc1ccc(OCc2ccccc2)cc1OCc1ccccc1)c1c(Cl)cccc1Cl. The lowest BCUT2D eigenvalue weighted by Gasteiger charge is -2.17. The van der Waals surface area contributed by atoms with E-state index in [1.807, 2.05) is 78.9 Å². The Morgan fingerprint density at radius 1 is 0.697 bits per heavy atom. The zero-order valence-corrected chi connectivity index (χ0v) is 20.0. The minimum absolute atomic E-state index is 0.201. The monoisotopic (exact) mass is 493 g/mol. The molecule has 0 heterocycles. The Hall–Kier alpha value is -2.81. The second-order valence-corrected chi connectivity index (χ2v) is 9.12. The molecule has 0 unspecified atom stereocenters. The Morgan fingerprint density at radius 2 is 1.27 bits per heavy atom. The van der Waals surface area contributed by atoms with Crippen LogP contribution >= 0.6 is 31.4 Å². The maximum Gasteiger partial charge on any atom is 0.135 e. The first-order valence-corrected chi connectivity index (χ1v) is 11.9. The molecule has 0 saturated carbocycles. The molecule has 6 heteroatoms. The molecule has 4 rings (SSSR count). The fourth-order valence-electron chi connectivity index (χ4n) is 3.14. The van der Waals surface area contributed by atoms with Crippen molar-refractivity contribution in [1.29, 1.82) is 0 Å². The van der Waals surface area contributed by atoms with Gasteiger partial charge >= 0.3 is 0 Å². The van der Waals surface area contributed by atoms with Crippen LogP contribution in [-0.4, -0.2) is 5.48 Å². The molecule has 33 heavy (non-hydrogen) atoms. The molecule has 0 amide bonds. The third-order valence-corrected chi connectivity index (χ3v) is 6.48. The number of rotatable bonds is 8. The molecule has 0 N–H and O–H groups in total. The van der Waals surface area contributed by atoms with Gasteiger partial charge in [-0.1, -0.05) is 98.1 Å². The number of ether oxygens (including phenoxy) is 2. The second kappa shape index (κ2) is 11.4. The molecule has 0 aliphatic carbocycles. The zero-order chi connectivity index (χ0) is 23.0. The summed E-state index contributed by atoms with van der Waals surface area (Å²) in [5, 5.41) is 14.4. The molecule has 0 aromatic heterocycles. The lowest BCUT2D eigenvalue weighted by Crippen LogP contribution is -2.19. The molecule has 0 spiro atoms. The summed E-state index contributed by atoms with van der Waals surface area (Å²) in [5.74, 6) is 1.23. The Labute approximate surface area is 204 Å². The molecule has 166 valence electrons.